The molecule has 2 aliphatic rings. The molecule has 0 aromatic carbocycles. The highest BCUT2D eigenvalue weighted by Gasteiger charge is 2.33. The predicted octanol–water partition coefficient (Wildman–Crippen LogP) is 3.98. The third-order valence-electron chi connectivity index (χ3n) is 4.40. The van der Waals surface area contributed by atoms with Gasteiger partial charge in [0.05, 0.1) is 5.49 Å². The van der Waals surface area contributed by atoms with E-state index in [4.69, 9.17) is 0 Å². The summed E-state index contributed by atoms with van der Waals surface area (Å²) in [6.45, 7) is 0. The van der Waals surface area contributed by atoms with Crippen molar-refractivity contribution in [1.29, 1.82) is 0 Å². The molecule has 0 saturated heterocycles. The predicted molar refractivity (Wildman–Crippen MR) is 77.1 cm³/mol. The summed E-state index contributed by atoms with van der Waals surface area (Å²) in [5, 5.41) is 0. The van der Waals surface area contributed by atoms with E-state index in [1.54, 1.807) is 0 Å². The van der Waals surface area contributed by atoms with Crippen LogP contribution in [0.5, 0.6) is 0 Å². The molecule has 1 N–H and O–H groups in total. The topological polar surface area (TPSA) is 54.4 Å². The van der Waals surface area contributed by atoms with Crippen molar-refractivity contribution >= 4 is 18.0 Å². The van der Waals surface area contributed by atoms with Crippen molar-refractivity contribution in [2.24, 2.45) is 0 Å². The number of hydrogen-bond donors (Lipinski definition) is 1. The molecule has 0 spiro atoms. The van der Waals surface area contributed by atoms with Crippen LogP contribution in [0.3, 0.4) is 0 Å². The molecule has 2 rings (SSSR count). The van der Waals surface area contributed by atoms with Gasteiger partial charge in [-0.2, -0.15) is 8.42 Å². The minimum Gasteiger partial charge on any atom is -0.285 e. The van der Waals surface area contributed by atoms with Crippen molar-refractivity contribution < 1.29 is 13.0 Å². The summed E-state index contributed by atoms with van der Waals surface area (Å²) >= 11 is 0. The Morgan fingerprint density at radius 1 is 0.833 bits per heavy atom. The van der Waals surface area contributed by atoms with Crippen molar-refractivity contribution in [3.05, 3.63) is 0 Å². The summed E-state index contributed by atoms with van der Waals surface area (Å²) in [7, 11) is -4.32. The summed E-state index contributed by atoms with van der Waals surface area (Å²) < 4.78 is 31.8. The highest BCUT2D eigenvalue weighted by atomic mass is 32.2. The molecule has 0 radical (unpaired) electrons. The van der Waals surface area contributed by atoms with Gasteiger partial charge in [0.2, 0.25) is 0 Å². The quantitative estimate of drug-likeness (QED) is 0.630. The molecule has 18 heavy (non-hydrogen) atoms. The number of rotatable bonds is 4. The first-order valence-corrected chi connectivity index (χ1v) is 10.5. The first-order chi connectivity index (χ1) is 8.56. The second-order valence-corrected chi connectivity index (χ2v) is 10.5. The third-order valence-corrected chi connectivity index (χ3v) is 9.81. The van der Waals surface area contributed by atoms with Crippen LogP contribution < -0.4 is 0 Å². The Balaban J connectivity index is 2.05. The first kappa shape index (κ1) is 14.7. The monoisotopic (exact) mass is 292 g/mol. The largest absolute Gasteiger partial charge is 0.285 e. The number of hydrogen-bond acceptors (Lipinski definition) is 2. The van der Waals surface area contributed by atoms with E-state index in [1.807, 2.05) is 0 Å². The van der Waals surface area contributed by atoms with E-state index in [2.05, 4.69) is 0 Å². The van der Waals surface area contributed by atoms with Gasteiger partial charge < -0.3 is 0 Å². The standard InChI is InChI=1S/C13H25O3PS/c14-18(15,16)11-17(12-7-3-1-4-8-12)13-9-5-2-6-10-13/h12-13H,1-11H2,(H,14,15,16). The van der Waals surface area contributed by atoms with Gasteiger partial charge in [-0.3, -0.25) is 4.55 Å². The summed E-state index contributed by atoms with van der Waals surface area (Å²) in [4.78, 5) is 0. The third kappa shape index (κ3) is 4.47. The van der Waals surface area contributed by atoms with Gasteiger partial charge >= 0.3 is 0 Å². The Hall–Kier alpha value is 0.340. The van der Waals surface area contributed by atoms with E-state index in [0.29, 0.717) is 11.3 Å². The second kappa shape index (κ2) is 6.67. The first-order valence-electron chi connectivity index (χ1n) is 7.27. The minimum atomic E-state index is -3.79. The Morgan fingerprint density at radius 3 is 1.56 bits per heavy atom. The molecule has 0 aromatic rings. The van der Waals surface area contributed by atoms with Gasteiger partial charge in [0.1, 0.15) is 0 Å². The molecule has 5 heteroatoms. The molecule has 0 aromatic heterocycles. The molecule has 0 amide bonds. The summed E-state index contributed by atoms with van der Waals surface area (Å²) in [5.41, 5.74) is 1.26. The molecule has 0 atom stereocenters. The summed E-state index contributed by atoms with van der Waals surface area (Å²) in [6.07, 6.45) is 12.4. The maximum atomic E-state index is 11.3. The van der Waals surface area contributed by atoms with Crippen LogP contribution in [-0.4, -0.2) is 29.8 Å². The van der Waals surface area contributed by atoms with E-state index in [-0.39, 0.29) is 5.49 Å². The zero-order valence-electron chi connectivity index (χ0n) is 11.1. The van der Waals surface area contributed by atoms with Crippen molar-refractivity contribution in [3.63, 3.8) is 0 Å². The molecule has 2 aliphatic carbocycles. The fourth-order valence-electron chi connectivity index (χ4n) is 3.52. The van der Waals surface area contributed by atoms with E-state index in [0.717, 1.165) is 0 Å². The summed E-state index contributed by atoms with van der Waals surface area (Å²) in [5.74, 6) is 0. The van der Waals surface area contributed by atoms with Gasteiger partial charge in [-0.15, -0.1) is 0 Å². The van der Waals surface area contributed by atoms with Gasteiger partial charge in [-0.25, -0.2) is 0 Å². The van der Waals surface area contributed by atoms with Crippen molar-refractivity contribution in [3.8, 4) is 0 Å². The van der Waals surface area contributed by atoms with Crippen LogP contribution in [0.2, 0.25) is 0 Å². The Kier molecular flexibility index (Phi) is 5.47. The van der Waals surface area contributed by atoms with Crippen LogP contribution in [0, 0.1) is 0 Å². The van der Waals surface area contributed by atoms with Gasteiger partial charge in [-0.1, -0.05) is 46.4 Å². The fourth-order valence-corrected chi connectivity index (χ4v) is 9.37. The molecular formula is C13H25O3PS. The van der Waals surface area contributed by atoms with Gasteiger partial charge in [0, 0.05) is 0 Å². The van der Waals surface area contributed by atoms with E-state index < -0.39 is 18.0 Å². The maximum absolute atomic E-state index is 11.3. The molecule has 0 bridgehead atoms. The van der Waals surface area contributed by atoms with Crippen LogP contribution in [-0.2, 0) is 10.1 Å². The zero-order chi connectivity index (χ0) is 13.0. The average molecular weight is 292 g/mol. The molecule has 3 nitrogen and oxygen atoms in total. The average Bonchev–Trinajstić information content (AvgIpc) is 2.37. The van der Waals surface area contributed by atoms with E-state index in [1.165, 1.54) is 64.2 Å². The van der Waals surface area contributed by atoms with Crippen molar-refractivity contribution in [1.82, 2.24) is 0 Å². The molecule has 0 aliphatic heterocycles. The highest BCUT2D eigenvalue weighted by Crippen LogP contribution is 2.56. The van der Waals surface area contributed by atoms with E-state index in [9.17, 15) is 13.0 Å². The lowest BCUT2D eigenvalue weighted by atomic mass is 9.99. The lowest BCUT2D eigenvalue weighted by Crippen LogP contribution is -2.24. The van der Waals surface area contributed by atoms with Crippen LogP contribution >= 0.6 is 7.92 Å². The molecule has 2 saturated carbocycles. The van der Waals surface area contributed by atoms with Crippen LogP contribution in [0.15, 0.2) is 0 Å². The van der Waals surface area contributed by atoms with Gasteiger partial charge in [0.25, 0.3) is 10.1 Å². The normalized spacial score (nSPS) is 24.6. The van der Waals surface area contributed by atoms with Crippen LogP contribution in [0.25, 0.3) is 0 Å². The fraction of sp³-hybridized carbons (Fsp3) is 1.00. The highest BCUT2D eigenvalue weighted by molar-refractivity contribution is 7.93. The molecule has 0 heterocycles. The van der Waals surface area contributed by atoms with Gasteiger partial charge in [0.15, 0.2) is 0 Å². The summed E-state index contributed by atoms with van der Waals surface area (Å²) in [6, 6.07) is 0. The molecule has 0 unspecified atom stereocenters. The molecule has 2 fully saturated rings. The Bertz CT molecular complexity index is 325. The maximum Gasteiger partial charge on any atom is 0.268 e. The second-order valence-electron chi connectivity index (χ2n) is 5.81. The molecular weight excluding hydrogens is 267 g/mol. The van der Waals surface area contributed by atoms with Crippen LogP contribution in [0.1, 0.15) is 64.2 Å². The zero-order valence-corrected chi connectivity index (χ0v) is 12.8. The van der Waals surface area contributed by atoms with Crippen LogP contribution in [0.4, 0.5) is 0 Å². The lowest BCUT2D eigenvalue weighted by Gasteiger charge is -2.37. The molecule has 106 valence electrons. The smallest absolute Gasteiger partial charge is 0.268 e. The van der Waals surface area contributed by atoms with E-state index >= 15 is 0 Å². The minimum absolute atomic E-state index is 0.0671. The van der Waals surface area contributed by atoms with Crippen molar-refractivity contribution in [2.75, 3.05) is 5.49 Å². The van der Waals surface area contributed by atoms with Gasteiger partial charge in [-0.05, 0) is 37.0 Å². The Morgan fingerprint density at radius 2 is 1.22 bits per heavy atom. The SMILES string of the molecule is O=S(=O)(O)CP(C1CCCCC1)C1CCCCC1. The lowest BCUT2D eigenvalue weighted by molar-refractivity contribution is 0.477. The Labute approximate surface area is 112 Å². The van der Waals surface area contributed by atoms with Crippen molar-refractivity contribution in [2.45, 2.75) is 75.5 Å².